The van der Waals surface area contributed by atoms with Crippen molar-refractivity contribution in [1.29, 1.82) is 0 Å². The van der Waals surface area contributed by atoms with E-state index >= 15 is 13.2 Å². The predicted octanol–water partition coefficient (Wildman–Crippen LogP) is 5.92. The molecule has 73 heavy (non-hydrogen) atoms. The van der Waals surface area contributed by atoms with Crippen LogP contribution in [-0.4, -0.2) is 148 Å². The van der Waals surface area contributed by atoms with E-state index in [0.717, 1.165) is 97.2 Å². The third-order valence-electron chi connectivity index (χ3n) is 17.3. The number of phenols is 1. The Labute approximate surface area is 422 Å². The maximum atomic E-state index is 17.0. The number of piperazine rings is 1. The number of carbonyl (C=O) groups excluding carboxylic acids is 2. The molecule has 2 bridgehead atoms. The maximum absolute atomic E-state index is 17.0. The molecule has 1 spiro atoms. The molecule has 2 aromatic heterocycles. The highest BCUT2D eigenvalue weighted by molar-refractivity contribution is 6.03. The molecule has 0 radical (unpaired) electrons. The number of fused-ring (bicyclic) bond motifs is 5. The van der Waals surface area contributed by atoms with Crippen molar-refractivity contribution in [2.24, 2.45) is 11.3 Å². The first-order valence-electron chi connectivity index (χ1n) is 26.1. The summed E-state index contributed by atoms with van der Waals surface area (Å²) >= 11 is 0. The van der Waals surface area contributed by atoms with Crippen LogP contribution in [0.15, 0.2) is 42.6 Å². The first-order valence-corrected chi connectivity index (χ1v) is 26.1. The number of terminal acetylenes is 1. The fourth-order valence-electron chi connectivity index (χ4n) is 13.2. The largest absolute Gasteiger partial charge is 0.508 e. The molecule has 382 valence electrons. The number of hydrogen-bond donors (Lipinski definition) is 4. The molecule has 6 fully saturated rings. The molecule has 2 amide bonds. The Kier molecular flexibility index (Phi) is 12.6. The van der Waals surface area contributed by atoms with Gasteiger partial charge in [-0.3, -0.25) is 19.5 Å². The van der Waals surface area contributed by atoms with Crippen molar-refractivity contribution < 1.29 is 37.7 Å². The number of pyridine rings is 1. The van der Waals surface area contributed by atoms with Gasteiger partial charge in [0.05, 0.1) is 29.2 Å². The van der Waals surface area contributed by atoms with E-state index in [1.54, 1.807) is 18.3 Å². The van der Waals surface area contributed by atoms with Gasteiger partial charge in [0.25, 0.3) is 5.91 Å². The average Bonchev–Trinajstić information content (AvgIpc) is 3.92. The van der Waals surface area contributed by atoms with Gasteiger partial charge in [-0.15, -0.1) is 6.42 Å². The highest BCUT2D eigenvalue weighted by atomic mass is 19.1. The number of halogens is 3. The van der Waals surface area contributed by atoms with Gasteiger partial charge >= 0.3 is 6.01 Å². The van der Waals surface area contributed by atoms with Crippen LogP contribution in [-0.2, 0) is 11.3 Å². The summed E-state index contributed by atoms with van der Waals surface area (Å²) in [5.74, 6) is 1.13. The molecule has 4 unspecified atom stereocenters. The molecule has 0 saturated carbocycles. The van der Waals surface area contributed by atoms with Crippen molar-refractivity contribution in [2.45, 2.75) is 95.1 Å². The fraction of sp³-hybridized carbons (Fsp3) is 0.509. The standard InChI is InChI=1S/C55H61F3N10O5/c1-2-37-42(56)7-3-33-25-36(69)26-39(46(33)37)49-48(58)50-40(27-59-49)51(67-29-34-4-5-35(30-67)60-34)63-54(62-50)73-24-23-64-17-11-32(12-18-64)28-65-19-13-55(14-20-65)15-21-66(22-16-55)43-8-6-38-41(47(43)57)31-68(53(38)72)44-9-10-45(70)61-52(44)71/h1,3,6-8,25-27,32,34-35,44,52,60,69,71H,4-5,9-24,28-31H2,(H,61,70). The number of anilines is 2. The lowest BCUT2D eigenvalue weighted by Gasteiger charge is -2.48. The molecule has 7 aliphatic rings. The number of aliphatic hydroxyl groups is 1. The zero-order chi connectivity index (χ0) is 50.1. The third-order valence-corrected chi connectivity index (χ3v) is 17.3. The molecule has 6 saturated heterocycles. The molecule has 9 heterocycles. The van der Waals surface area contributed by atoms with Crippen molar-refractivity contribution in [3.05, 3.63) is 76.7 Å². The Morgan fingerprint density at radius 2 is 1.60 bits per heavy atom. The lowest BCUT2D eigenvalue weighted by molar-refractivity contribution is -0.129. The van der Waals surface area contributed by atoms with Crippen LogP contribution >= 0.6 is 0 Å². The molecule has 7 aliphatic heterocycles. The number of aliphatic hydroxyl groups excluding tert-OH is 1. The first kappa shape index (κ1) is 47.7. The fourth-order valence-corrected chi connectivity index (χ4v) is 13.2. The minimum atomic E-state index is -1.17. The topological polar surface area (TPSA) is 163 Å². The van der Waals surface area contributed by atoms with E-state index in [4.69, 9.17) is 16.1 Å². The summed E-state index contributed by atoms with van der Waals surface area (Å²) in [7, 11) is 0. The quantitative estimate of drug-likeness (QED) is 0.122. The third kappa shape index (κ3) is 8.95. The van der Waals surface area contributed by atoms with Crippen molar-refractivity contribution in [2.75, 3.05) is 81.9 Å². The zero-order valence-electron chi connectivity index (χ0n) is 40.9. The van der Waals surface area contributed by atoms with Gasteiger partial charge in [-0.25, -0.2) is 13.2 Å². The number of ether oxygens (including phenoxy) is 1. The van der Waals surface area contributed by atoms with Crippen LogP contribution in [0.1, 0.15) is 85.7 Å². The highest BCUT2D eigenvalue weighted by Crippen LogP contribution is 2.45. The Morgan fingerprint density at radius 3 is 2.34 bits per heavy atom. The van der Waals surface area contributed by atoms with E-state index in [1.807, 2.05) is 0 Å². The number of likely N-dealkylation sites (tertiary alicyclic amines) is 2. The van der Waals surface area contributed by atoms with Gasteiger partial charge in [0.1, 0.15) is 41.4 Å². The van der Waals surface area contributed by atoms with Crippen LogP contribution in [0, 0.1) is 41.1 Å². The summed E-state index contributed by atoms with van der Waals surface area (Å²) < 4.78 is 54.5. The van der Waals surface area contributed by atoms with Gasteiger partial charge in [0.2, 0.25) is 5.91 Å². The van der Waals surface area contributed by atoms with E-state index in [1.165, 1.54) is 29.2 Å². The van der Waals surface area contributed by atoms with Crippen molar-refractivity contribution in [1.82, 2.24) is 40.3 Å². The van der Waals surface area contributed by atoms with Crippen LogP contribution in [0.25, 0.3) is 32.9 Å². The lowest BCUT2D eigenvalue weighted by Crippen LogP contribution is -2.55. The van der Waals surface area contributed by atoms with Gasteiger partial charge in [0.15, 0.2) is 11.6 Å². The van der Waals surface area contributed by atoms with Gasteiger partial charge < -0.3 is 45.2 Å². The molecule has 12 rings (SSSR count). The van der Waals surface area contributed by atoms with Crippen LogP contribution in [0.5, 0.6) is 11.8 Å². The SMILES string of the molecule is C#Cc1c(F)ccc2cc(O)cc(-c3ncc4c(N5CC6CCC(C5)N6)nc(OCCN5CCC(CN6CCC7(CC6)CCN(c6ccc8c(c6F)CN(C6CCC(=O)NC6O)C8=O)CC7)CC5)nc4c3F)c12. The maximum Gasteiger partial charge on any atom is 0.319 e. The molecule has 4 atom stereocenters. The Balaban J connectivity index is 0.649. The predicted molar refractivity (Wildman–Crippen MR) is 270 cm³/mol. The number of carbonyl (C=O) groups is 2. The minimum Gasteiger partial charge on any atom is -0.508 e. The second-order valence-electron chi connectivity index (χ2n) is 21.6. The number of piperidine rings is 4. The smallest absolute Gasteiger partial charge is 0.319 e. The van der Waals surface area contributed by atoms with Gasteiger partial charge in [0, 0.05) is 86.0 Å². The van der Waals surface area contributed by atoms with Crippen LogP contribution in [0.4, 0.5) is 24.7 Å². The second kappa shape index (κ2) is 19.2. The number of hydrogen-bond acceptors (Lipinski definition) is 13. The normalized spacial score (nSPS) is 24.7. The van der Waals surface area contributed by atoms with E-state index in [9.17, 15) is 19.8 Å². The van der Waals surface area contributed by atoms with Crippen molar-refractivity contribution in [3.63, 3.8) is 0 Å². The van der Waals surface area contributed by atoms with Gasteiger partial charge in [-0.1, -0.05) is 12.0 Å². The number of benzene rings is 3. The molecule has 18 heteroatoms. The summed E-state index contributed by atoms with van der Waals surface area (Å²) in [6, 6.07) is 9.06. The monoisotopic (exact) mass is 998 g/mol. The van der Waals surface area contributed by atoms with E-state index in [0.29, 0.717) is 84.1 Å². The lowest BCUT2D eigenvalue weighted by atomic mass is 9.71. The summed E-state index contributed by atoms with van der Waals surface area (Å²) in [4.78, 5) is 50.0. The second-order valence-corrected chi connectivity index (χ2v) is 21.6. The van der Waals surface area contributed by atoms with Crippen LogP contribution < -0.4 is 25.2 Å². The number of amides is 2. The summed E-state index contributed by atoms with van der Waals surface area (Å²) in [5, 5.41) is 28.5. The molecule has 3 aromatic carbocycles. The van der Waals surface area contributed by atoms with Crippen LogP contribution in [0.3, 0.4) is 0 Å². The molecule has 4 N–H and O–H groups in total. The summed E-state index contributed by atoms with van der Waals surface area (Å²) in [6.07, 6.45) is 15.2. The summed E-state index contributed by atoms with van der Waals surface area (Å²) in [5.41, 5.74) is 1.51. The molecular formula is C55H61F3N10O5. The molecular weight excluding hydrogens is 938 g/mol. The summed E-state index contributed by atoms with van der Waals surface area (Å²) in [6.45, 7) is 9.08. The minimum absolute atomic E-state index is 0.0240. The number of nitrogens with zero attached hydrogens (tertiary/aromatic N) is 8. The number of aromatic nitrogens is 3. The number of nitrogens with one attached hydrogen (secondary N) is 2. The molecule has 0 aliphatic carbocycles. The Morgan fingerprint density at radius 1 is 0.849 bits per heavy atom. The zero-order valence-corrected chi connectivity index (χ0v) is 40.9. The molecule has 5 aromatic rings. The Hall–Kier alpha value is -6.26. The van der Waals surface area contributed by atoms with Crippen molar-refractivity contribution in [3.8, 4) is 35.4 Å². The Bertz CT molecular complexity index is 3030. The number of phenolic OH excluding ortho intramolecular Hbond substituents is 1. The average molecular weight is 999 g/mol. The van der Waals surface area contributed by atoms with Crippen molar-refractivity contribution >= 4 is 45.0 Å². The van der Waals surface area contributed by atoms with Crippen LogP contribution in [0.2, 0.25) is 0 Å². The van der Waals surface area contributed by atoms with E-state index in [2.05, 4.69) is 46.1 Å². The molecule has 15 nitrogen and oxygen atoms in total. The highest BCUT2D eigenvalue weighted by Gasteiger charge is 2.43. The van der Waals surface area contributed by atoms with E-state index in [-0.39, 0.29) is 75.5 Å². The first-order chi connectivity index (χ1) is 35.4. The number of aromatic hydroxyl groups is 1. The van der Waals surface area contributed by atoms with Gasteiger partial charge in [-0.2, -0.15) is 9.97 Å². The van der Waals surface area contributed by atoms with E-state index < -0.39 is 23.9 Å². The number of rotatable bonds is 10. The van der Waals surface area contributed by atoms with Gasteiger partial charge in [-0.05, 0) is 131 Å².